The number of hydrogen-bond acceptors (Lipinski definition) is 35. The number of allylic oxidation sites excluding steroid dienone is 3. The first-order chi connectivity index (χ1) is 51.5. The Bertz CT molecular complexity index is 2970. The van der Waals surface area contributed by atoms with Crippen LogP contribution in [0, 0.1) is 29.6 Å². The molecule has 108 heavy (non-hydrogen) atoms. The van der Waals surface area contributed by atoms with Gasteiger partial charge in [0, 0.05) is 51.2 Å². The van der Waals surface area contributed by atoms with E-state index in [-0.39, 0.29) is 62.4 Å². The third-order valence-electron chi connectivity index (χ3n) is 22.8. The standard InChI is InChI=1S/C71H108O37/c1-94-43-19-31(5-13-38(43)75)8-17-52(81)96-27-47-56(85)59(88)63(92)68(104-47)99-35-11-3-30(4-12-35)7-16-51(80)97-28-49-58(87)62(91)67(108-71-66(61(90)55(84)46(26-72)103-71)107-53(82)18-9-32-6-14-39(76)44(20-32)95-2)70(106-49)102-45-24-36-41(100-65(45)33-10-15-37(74)40(77)21-33)22-34(73)23-42(36)101-69-64(93)60(89)57(86)48(105-69)29-98-54(83)25-50(78)79/h7-9,16-18,30-49,55-77,84-93H,3-6,10-15,19-29H2,1-2H3,(H,78,79)/p+1. The van der Waals surface area contributed by atoms with E-state index < -0.39 is 264 Å². The number of ether oxygens (including phenoxy) is 15. The minimum atomic E-state index is -2.15. The summed E-state index contributed by atoms with van der Waals surface area (Å²) in [5, 5.41) is 186. The minimum absolute atomic E-state index is 0.0247. The van der Waals surface area contributed by atoms with Crippen LogP contribution in [0.15, 0.2) is 36.5 Å². The number of fused-ring (bicyclic) bond motifs is 1. The predicted octanol–water partition coefficient (Wildman–Crippen LogP) is -5.78. The van der Waals surface area contributed by atoms with Crippen molar-refractivity contribution in [2.45, 2.75) is 305 Å². The van der Waals surface area contributed by atoms with Gasteiger partial charge in [-0.25, -0.2) is 14.4 Å². The SMILES string of the molecule is COC1CC(C=CC(=O)OCC2OC(OC3CCC(C=CC(=O)OCC4OC(OC5CC6C(OC7OC(COC(=O)CC(=O)O)C(O)C(O)C7O)CC(O)CC6[OH+]C5C5CCC(O)C(O)C5)C(OC5OC(CO)C(O)C(O)C5OC(=O)C=CC5CCC(O)C(OC)C5)C(O)C4O)CC3)C(O)C(O)C2O)CCC1O. The molecule has 37 nitrogen and oxygen atoms in total. The lowest BCUT2D eigenvalue weighted by Gasteiger charge is -2.51. The van der Waals surface area contributed by atoms with Crippen LogP contribution >= 0.6 is 0 Å². The van der Waals surface area contributed by atoms with E-state index in [1.165, 1.54) is 26.4 Å². The van der Waals surface area contributed by atoms with E-state index in [0.717, 1.165) is 12.2 Å². The van der Waals surface area contributed by atoms with Crippen molar-refractivity contribution in [1.29, 1.82) is 0 Å². The van der Waals surface area contributed by atoms with Crippen LogP contribution in [0.4, 0.5) is 0 Å². The van der Waals surface area contributed by atoms with Crippen LogP contribution in [0.1, 0.15) is 109 Å². The Balaban J connectivity index is 0.842. The molecule has 0 aromatic carbocycles. The first kappa shape index (κ1) is 85.9. The second kappa shape index (κ2) is 39.5. The van der Waals surface area contributed by atoms with Crippen LogP contribution in [0.2, 0.25) is 0 Å². The van der Waals surface area contributed by atoms with Gasteiger partial charge >= 0.3 is 29.8 Å². The maximum atomic E-state index is 13.7. The Hall–Kier alpha value is -4.51. The molecule has 0 aromatic heterocycles. The molecule has 0 aromatic rings. The lowest BCUT2D eigenvalue weighted by molar-refractivity contribution is -0.390. The quantitative estimate of drug-likeness (QED) is 0.0120. The van der Waals surface area contributed by atoms with Crippen molar-refractivity contribution in [2.24, 2.45) is 29.6 Å². The van der Waals surface area contributed by atoms with E-state index in [1.807, 2.05) is 0 Å². The first-order valence-electron chi connectivity index (χ1n) is 37.3. The van der Waals surface area contributed by atoms with Gasteiger partial charge < -0.3 is 158 Å². The molecule has 10 aliphatic rings. The van der Waals surface area contributed by atoms with Crippen molar-refractivity contribution < 1.29 is 182 Å². The van der Waals surface area contributed by atoms with E-state index in [2.05, 4.69) is 0 Å². The highest BCUT2D eigenvalue weighted by Gasteiger charge is 2.59. The fraction of sp³-hybridized carbons (Fsp3) is 0.845. The van der Waals surface area contributed by atoms with Crippen molar-refractivity contribution in [3.8, 4) is 0 Å². The summed E-state index contributed by atoms with van der Waals surface area (Å²) in [7, 11) is 2.93. The minimum Gasteiger partial charge on any atom is -0.481 e. The zero-order chi connectivity index (χ0) is 77.9. The number of carbonyl (C=O) groups is 5. The highest BCUT2D eigenvalue weighted by molar-refractivity contribution is 5.90. The summed E-state index contributed by atoms with van der Waals surface area (Å²) in [4.78, 5) is 63.5. The molecule has 35 atom stereocenters. The molecule has 5 saturated carbocycles. The highest BCUT2D eigenvalue weighted by Crippen LogP contribution is 2.45. The van der Waals surface area contributed by atoms with Gasteiger partial charge in [-0.1, -0.05) is 18.2 Å². The number of methoxy groups -OCH3 is 2. The van der Waals surface area contributed by atoms with Gasteiger partial charge in [-0.3, -0.25) is 9.59 Å². The molecule has 5 aliphatic carbocycles. The molecule has 37 heteroatoms. The summed E-state index contributed by atoms with van der Waals surface area (Å²) in [5.74, 6) is -7.46. The van der Waals surface area contributed by atoms with Crippen molar-refractivity contribution in [3.05, 3.63) is 36.5 Å². The number of hydrogen-bond donors (Lipinski definition) is 17. The van der Waals surface area contributed by atoms with E-state index in [0.29, 0.717) is 64.2 Å². The van der Waals surface area contributed by atoms with Gasteiger partial charge in [0.1, 0.15) is 124 Å². The van der Waals surface area contributed by atoms with Crippen molar-refractivity contribution >= 4 is 29.8 Å². The number of carboxylic acid groups (broad SMARTS) is 1. The summed E-state index contributed by atoms with van der Waals surface area (Å²) in [6.45, 7) is -3.00. The molecule has 5 aliphatic heterocycles. The fourth-order valence-electron chi connectivity index (χ4n) is 16.4. The maximum absolute atomic E-state index is 13.7. The Kier molecular flexibility index (Phi) is 31.4. The van der Waals surface area contributed by atoms with Gasteiger partial charge in [-0.05, 0) is 108 Å². The van der Waals surface area contributed by atoms with Gasteiger partial charge in [0.2, 0.25) is 0 Å². The van der Waals surface area contributed by atoms with Gasteiger partial charge in [-0.2, -0.15) is 0 Å². The van der Waals surface area contributed by atoms with E-state index in [1.54, 1.807) is 12.2 Å². The predicted molar refractivity (Wildman–Crippen MR) is 356 cm³/mol. The van der Waals surface area contributed by atoms with E-state index in [4.69, 9.17) is 76.2 Å². The molecule has 0 spiro atoms. The van der Waals surface area contributed by atoms with Crippen molar-refractivity contribution in [2.75, 3.05) is 40.6 Å². The Morgan fingerprint density at radius 1 is 0.417 bits per heavy atom. The zero-order valence-corrected chi connectivity index (χ0v) is 60.0. The third-order valence-corrected chi connectivity index (χ3v) is 22.8. The molecule has 5 heterocycles. The summed E-state index contributed by atoms with van der Waals surface area (Å²) in [6.07, 6.45) is -35.3. The molecule has 0 amide bonds. The van der Waals surface area contributed by atoms with E-state index in [9.17, 15) is 106 Å². The Morgan fingerprint density at radius 2 is 0.889 bits per heavy atom. The van der Waals surface area contributed by atoms with Crippen LogP contribution < -0.4 is 0 Å². The number of aliphatic carboxylic acids is 1. The molecular weight excluding hydrogens is 1440 g/mol. The number of esters is 4. The van der Waals surface area contributed by atoms with Gasteiger partial charge in [-0.15, -0.1) is 0 Å². The zero-order valence-electron chi connectivity index (χ0n) is 60.0. The lowest BCUT2D eigenvalue weighted by atomic mass is 9.72. The van der Waals surface area contributed by atoms with Crippen molar-refractivity contribution in [1.82, 2.24) is 0 Å². The molecule has 0 bridgehead atoms. The molecule has 18 N–H and O–H groups in total. The monoisotopic (exact) mass is 1550 g/mol. The van der Waals surface area contributed by atoms with Gasteiger partial charge in [0.25, 0.3) is 0 Å². The second-order valence-corrected chi connectivity index (χ2v) is 30.1. The summed E-state index contributed by atoms with van der Waals surface area (Å²) in [5.41, 5.74) is 0. The van der Waals surface area contributed by atoms with Crippen LogP contribution in [-0.2, 0) is 90.3 Å². The van der Waals surface area contributed by atoms with Crippen LogP contribution in [0.25, 0.3) is 0 Å². The first-order valence-corrected chi connectivity index (χ1v) is 37.3. The molecule has 614 valence electrons. The van der Waals surface area contributed by atoms with Crippen LogP contribution in [0.5, 0.6) is 0 Å². The molecule has 5 saturated heterocycles. The van der Waals surface area contributed by atoms with E-state index >= 15 is 0 Å². The van der Waals surface area contributed by atoms with Crippen LogP contribution in [0.3, 0.4) is 0 Å². The normalized spacial score (nSPS) is 45.5. The molecule has 10 fully saturated rings. The number of carbonyl (C=O) groups excluding carboxylic acids is 4. The average molecular weight is 1550 g/mol. The van der Waals surface area contributed by atoms with Gasteiger partial charge in [0.05, 0.1) is 67.5 Å². The highest BCUT2D eigenvalue weighted by atomic mass is 16.8. The topological polar surface area (TPSA) is 571 Å². The smallest absolute Gasteiger partial charge is 0.330 e. The number of carboxylic acids is 1. The molecule has 0 radical (unpaired) electrons. The third kappa shape index (κ3) is 21.9. The Morgan fingerprint density at radius 3 is 1.44 bits per heavy atom. The maximum Gasteiger partial charge on any atom is 0.330 e. The average Bonchev–Trinajstić information content (AvgIpc) is 0.764. The summed E-state index contributed by atoms with van der Waals surface area (Å²) in [6, 6.07) is 0. The number of rotatable bonds is 27. The van der Waals surface area contributed by atoms with Crippen molar-refractivity contribution in [3.63, 3.8) is 0 Å². The summed E-state index contributed by atoms with van der Waals surface area (Å²) < 4.78 is 87.5. The molecule has 10 rings (SSSR count). The molecule has 35 unspecified atom stereocenters. The lowest BCUT2D eigenvalue weighted by Crippen LogP contribution is -2.66. The van der Waals surface area contributed by atoms with Gasteiger partial charge in [0.15, 0.2) is 43.5 Å². The largest absolute Gasteiger partial charge is 0.481 e. The summed E-state index contributed by atoms with van der Waals surface area (Å²) >= 11 is 0. The Labute approximate surface area is 621 Å². The molecular formula is C71H109O37+. The number of aliphatic hydroxyl groups excluding tert-OH is 16. The van der Waals surface area contributed by atoms with Crippen LogP contribution in [-0.4, -0.2) is 358 Å². The second-order valence-electron chi connectivity index (χ2n) is 30.1. The number of aliphatic hydroxyl groups is 18. The fourth-order valence-corrected chi connectivity index (χ4v) is 16.4.